The molecular formula is C14H18N2O2. The highest BCUT2D eigenvalue weighted by molar-refractivity contribution is 5.73. The second-order valence-corrected chi connectivity index (χ2v) is 4.48. The largest absolute Gasteiger partial charge is 0.374 e. The molecule has 2 heterocycles. The molecule has 0 saturated carbocycles. The van der Waals surface area contributed by atoms with Crippen molar-refractivity contribution in [1.29, 1.82) is 0 Å². The van der Waals surface area contributed by atoms with Crippen LogP contribution < -0.4 is 5.32 Å². The van der Waals surface area contributed by atoms with Gasteiger partial charge in [0.25, 0.3) is 0 Å². The molecule has 2 unspecified atom stereocenters. The fraction of sp³-hybridized carbons (Fsp3) is 0.429. The Balaban J connectivity index is 1.89. The van der Waals surface area contributed by atoms with E-state index >= 15 is 0 Å². The lowest BCUT2D eigenvalue weighted by Crippen LogP contribution is -2.40. The van der Waals surface area contributed by atoms with Crippen molar-refractivity contribution in [2.75, 3.05) is 6.61 Å². The Morgan fingerprint density at radius 3 is 3.22 bits per heavy atom. The van der Waals surface area contributed by atoms with Gasteiger partial charge in [0.2, 0.25) is 5.91 Å². The van der Waals surface area contributed by atoms with Crippen molar-refractivity contribution in [3.05, 3.63) is 36.2 Å². The summed E-state index contributed by atoms with van der Waals surface area (Å²) in [6.07, 6.45) is 9.38. The van der Waals surface area contributed by atoms with Gasteiger partial charge in [-0.15, -0.1) is 0 Å². The minimum absolute atomic E-state index is 0.0249. The van der Waals surface area contributed by atoms with Gasteiger partial charge in [-0.25, -0.2) is 0 Å². The van der Waals surface area contributed by atoms with E-state index in [4.69, 9.17) is 4.74 Å². The normalized spacial score (nSPS) is 24.1. The van der Waals surface area contributed by atoms with E-state index < -0.39 is 0 Å². The molecule has 0 bridgehead atoms. The summed E-state index contributed by atoms with van der Waals surface area (Å²) in [4.78, 5) is 15.1. The molecule has 1 aromatic heterocycles. The zero-order chi connectivity index (χ0) is 12.8. The first-order chi connectivity index (χ1) is 8.74. The molecule has 0 radical (unpaired) electrons. The molecule has 4 heteroatoms. The molecule has 2 rings (SSSR count). The first-order valence-corrected chi connectivity index (χ1v) is 6.21. The van der Waals surface area contributed by atoms with E-state index in [1.54, 1.807) is 13.1 Å². The third-order valence-electron chi connectivity index (χ3n) is 2.91. The lowest BCUT2D eigenvalue weighted by atomic mass is 10.0. The van der Waals surface area contributed by atoms with Crippen LogP contribution in [-0.2, 0) is 9.53 Å². The molecule has 96 valence electrons. The van der Waals surface area contributed by atoms with E-state index in [1.807, 2.05) is 30.5 Å². The third kappa shape index (κ3) is 3.96. The predicted molar refractivity (Wildman–Crippen MR) is 69.8 cm³/mol. The first kappa shape index (κ1) is 12.8. The molecule has 4 nitrogen and oxygen atoms in total. The second-order valence-electron chi connectivity index (χ2n) is 4.48. The number of rotatable bonds is 3. The van der Waals surface area contributed by atoms with Crippen LogP contribution in [0.4, 0.5) is 0 Å². The summed E-state index contributed by atoms with van der Waals surface area (Å²) in [6, 6.07) is 4.12. The summed E-state index contributed by atoms with van der Waals surface area (Å²) < 4.78 is 5.65. The lowest BCUT2D eigenvalue weighted by molar-refractivity contribution is -0.120. The van der Waals surface area contributed by atoms with Gasteiger partial charge in [-0.1, -0.05) is 18.2 Å². The number of ether oxygens (including phenoxy) is 1. The first-order valence-electron chi connectivity index (χ1n) is 6.21. The Labute approximate surface area is 107 Å². The van der Waals surface area contributed by atoms with Crippen molar-refractivity contribution >= 4 is 12.0 Å². The number of carbonyl (C=O) groups excluding carboxylic acids is 1. The number of hydrogen-bond acceptors (Lipinski definition) is 3. The maximum absolute atomic E-state index is 11.0. The number of aromatic nitrogens is 1. The van der Waals surface area contributed by atoms with Crippen molar-refractivity contribution in [2.45, 2.75) is 31.9 Å². The van der Waals surface area contributed by atoms with E-state index in [9.17, 15) is 4.79 Å². The molecule has 1 saturated heterocycles. The molecule has 0 aliphatic carbocycles. The van der Waals surface area contributed by atoms with Gasteiger partial charge in [0.05, 0.1) is 6.10 Å². The number of pyridine rings is 1. The van der Waals surface area contributed by atoms with Crippen molar-refractivity contribution < 1.29 is 9.53 Å². The summed E-state index contributed by atoms with van der Waals surface area (Å²) >= 11 is 0. The van der Waals surface area contributed by atoms with Gasteiger partial charge in [0.15, 0.2) is 0 Å². The van der Waals surface area contributed by atoms with Crippen molar-refractivity contribution in [2.24, 2.45) is 0 Å². The van der Waals surface area contributed by atoms with Gasteiger partial charge in [0.1, 0.15) is 0 Å². The summed E-state index contributed by atoms with van der Waals surface area (Å²) in [6.45, 7) is 2.24. The molecule has 1 amide bonds. The molecular weight excluding hydrogens is 228 g/mol. The molecule has 0 spiro atoms. The van der Waals surface area contributed by atoms with Gasteiger partial charge < -0.3 is 10.1 Å². The van der Waals surface area contributed by atoms with Crippen molar-refractivity contribution in [1.82, 2.24) is 10.3 Å². The average Bonchev–Trinajstić information content (AvgIpc) is 2.37. The molecule has 1 N–H and O–H groups in total. The van der Waals surface area contributed by atoms with Gasteiger partial charge in [-0.2, -0.15) is 0 Å². The lowest BCUT2D eigenvalue weighted by Gasteiger charge is -2.28. The number of hydrogen-bond donors (Lipinski definition) is 1. The standard InChI is InChI=1S/C14H18N2O2/c1-11(17)16-13-6-8-18-14(9-13)5-4-12-3-2-7-15-10-12/h2-5,7,10,13-14H,6,8-9H2,1H3,(H,16,17)/b5-4+. The minimum Gasteiger partial charge on any atom is -0.374 e. The Kier molecular flexibility index (Phi) is 4.47. The number of carbonyl (C=O) groups is 1. The maximum atomic E-state index is 11.0. The van der Waals surface area contributed by atoms with E-state index in [-0.39, 0.29) is 18.1 Å². The Hall–Kier alpha value is -1.68. The Morgan fingerprint density at radius 2 is 2.50 bits per heavy atom. The molecule has 1 aromatic rings. The van der Waals surface area contributed by atoms with Gasteiger partial charge in [-0.05, 0) is 24.5 Å². The molecule has 2 atom stereocenters. The van der Waals surface area contributed by atoms with E-state index in [0.717, 1.165) is 18.4 Å². The Bertz CT molecular complexity index is 417. The predicted octanol–water partition coefficient (Wildman–Crippen LogP) is 1.78. The minimum atomic E-state index is 0.0249. The fourth-order valence-corrected chi connectivity index (χ4v) is 2.07. The van der Waals surface area contributed by atoms with E-state index in [1.165, 1.54) is 0 Å². The van der Waals surface area contributed by atoms with Crippen molar-refractivity contribution in [3.8, 4) is 0 Å². The van der Waals surface area contributed by atoms with Crippen LogP contribution in [0.15, 0.2) is 30.6 Å². The highest BCUT2D eigenvalue weighted by atomic mass is 16.5. The van der Waals surface area contributed by atoms with Crippen LogP contribution in [0.5, 0.6) is 0 Å². The van der Waals surface area contributed by atoms with Crippen LogP contribution in [0.25, 0.3) is 6.08 Å². The highest BCUT2D eigenvalue weighted by Crippen LogP contribution is 2.16. The van der Waals surface area contributed by atoms with Crippen LogP contribution in [0, 0.1) is 0 Å². The van der Waals surface area contributed by atoms with Crippen LogP contribution in [0.1, 0.15) is 25.3 Å². The van der Waals surface area contributed by atoms with Gasteiger partial charge in [-0.3, -0.25) is 9.78 Å². The molecule has 1 fully saturated rings. The van der Waals surface area contributed by atoms with Crippen molar-refractivity contribution in [3.63, 3.8) is 0 Å². The summed E-state index contributed by atoms with van der Waals surface area (Å²) in [5, 5.41) is 2.94. The maximum Gasteiger partial charge on any atom is 0.217 e. The molecule has 1 aliphatic heterocycles. The summed E-state index contributed by atoms with van der Waals surface area (Å²) in [7, 11) is 0. The molecule has 18 heavy (non-hydrogen) atoms. The zero-order valence-electron chi connectivity index (χ0n) is 10.5. The SMILES string of the molecule is CC(=O)NC1CCOC(/C=C/c2cccnc2)C1. The Morgan fingerprint density at radius 1 is 1.61 bits per heavy atom. The number of amides is 1. The van der Waals surface area contributed by atoms with Gasteiger partial charge in [0, 0.05) is 32.0 Å². The van der Waals surface area contributed by atoms with E-state index in [0.29, 0.717) is 6.61 Å². The average molecular weight is 246 g/mol. The zero-order valence-corrected chi connectivity index (χ0v) is 10.5. The highest BCUT2D eigenvalue weighted by Gasteiger charge is 2.20. The third-order valence-corrected chi connectivity index (χ3v) is 2.91. The molecule has 0 aromatic carbocycles. The fourth-order valence-electron chi connectivity index (χ4n) is 2.07. The number of nitrogens with one attached hydrogen (secondary N) is 1. The van der Waals surface area contributed by atoms with Crippen LogP contribution in [0.3, 0.4) is 0 Å². The summed E-state index contributed by atoms with van der Waals surface area (Å²) in [5.41, 5.74) is 1.06. The molecule has 1 aliphatic rings. The van der Waals surface area contributed by atoms with Gasteiger partial charge >= 0.3 is 0 Å². The topological polar surface area (TPSA) is 51.2 Å². The van der Waals surface area contributed by atoms with Crippen LogP contribution in [-0.4, -0.2) is 29.6 Å². The second kappa shape index (κ2) is 6.31. The van der Waals surface area contributed by atoms with E-state index in [2.05, 4.69) is 10.3 Å². The quantitative estimate of drug-likeness (QED) is 0.884. The number of nitrogens with zero attached hydrogens (tertiary/aromatic N) is 1. The smallest absolute Gasteiger partial charge is 0.217 e. The summed E-state index contributed by atoms with van der Waals surface area (Å²) in [5.74, 6) is 0.0249. The van der Waals surface area contributed by atoms with Crippen LogP contribution in [0.2, 0.25) is 0 Å². The van der Waals surface area contributed by atoms with Crippen LogP contribution >= 0.6 is 0 Å². The monoisotopic (exact) mass is 246 g/mol.